The zero-order chi connectivity index (χ0) is 12.8. The zero-order valence-electron chi connectivity index (χ0n) is 10.6. The van der Waals surface area contributed by atoms with Crippen LogP contribution < -0.4 is 15.2 Å². The summed E-state index contributed by atoms with van der Waals surface area (Å²) in [5.74, 6) is 0.221. The molecule has 1 unspecified atom stereocenters. The van der Waals surface area contributed by atoms with Gasteiger partial charge in [-0.2, -0.15) is 0 Å². The Kier molecular flexibility index (Phi) is 5.07. The van der Waals surface area contributed by atoms with Crippen molar-refractivity contribution in [3.05, 3.63) is 17.9 Å². The minimum atomic E-state index is -0.451. The van der Waals surface area contributed by atoms with Crippen molar-refractivity contribution in [3.8, 4) is 11.5 Å². The first-order chi connectivity index (χ1) is 8.08. The van der Waals surface area contributed by atoms with Crippen molar-refractivity contribution in [3.63, 3.8) is 0 Å². The summed E-state index contributed by atoms with van der Waals surface area (Å²) in [5.41, 5.74) is 6.00. The summed E-state index contributed by atoms with van der Waals surface area (Å²) in [6.45, 7) is 6.39. The van der Waals surface area contributed by atoms with E-state index in [1.807, 2.05) is 20.8 Å². The molecule has 1 aromatic carbocycles. The van der Waals surface area contributed by atoms with Crippen molar-refractivity contribution < 1.29 is 13.9 Å². The fourth-order valence-electron chi connectivity index (χ4n) is 1.27. The van der Waals surface area contributed by atoms with Crippen LogP contribution in [0.5, 0.6) is 11.5 Å². The van der Waals surface area contributed by atoms with Crippen molar-refractivity contribution in [2.75, 3.05) is 12.3 Å². The highest BCUT2D eigenvalue weighted by atomic mass is 19.1. The topological polar surface area (TPSA) is 44.5 Å². The molecular weight excluding hydrogens is 221 g/mol. The smallest absolute Gasteiger partial charge is 0.167 e. The van der Waals surface area contributed by atoms with Gasteiger partial charge in [0.15, 0.2) is 11.6 Å². The third-order valence-electron chi connectivity index (χ3n) is 2.43. The van der Waals surface area contributed by atoms with Crippen molar-refractivity contribution >= 4 is 5.69 Å². The van der Waals surface area contributed by atoms with Crippen LogP contribution in [0.4, 0.5) is 10.1 Å². The number of rotatable bonds is 6. The number of ether oxygens (including phenoxy) is 2. The first kappa shape index (κ1) is 13.6. The highest BCUT2D eigenvalue weighted by Gasteiger charge is 2.12. The highest BCUT2D eigenvalue weighted by Crippen LogP contribution is 2.31. The predicted octanol–water partition coefficient (Wildman–Crippen LogP) is 3.37. The van der Waals surface area contributed by atoms with Crippen molar-refractivity contribution in [2.24, 2.45) is 0 Å². The maximum absolute atomic E-state index is 13.5. The van der Waals surface area contributed by atoms with Crippen LogP contribution in [0.1, 0.15) is 33.6 Å². The first-order valence-corrected chi connectivity index (χ1v) is 5.96. The van der Waals surface area contributed by atoms with Crippen LogP contribution in [0.15, 0.2) is 12.1 Å². The van der Waals surface area contributed by atoms with Gasteiger partial charge >= 0.3 is 0 Å². The Morgan fingerprint density at radius 1 is 1.29 bits per heavy atom. The fraction of sp³-hybridized carbons (Fsp3) is 0.538. The summed E-state index contributed by atoms with van der Waals surface area (Å²) in [7, 11) is 0. The fourth-order valence-corrected chi connectivity index (χ4v) is 1.27. The average Bonchev–Trinajstić information content (AvgIpc) is 2.30. The number of anilines is 1. The largest absolute Gasteiger partial charge is 0.490 e. The van der Waals surface area contributed by atoms with E-state index in [9.17, 15) is 4.39 Å². The number of nitrogens with two attached hydrogens (primary N) is 1. The molecular formula is C13H20FNO2. The van der Waals surface area contributed by atoms with Gasteiger partial charge in [0.05, 0.1) is 18.4 Å². The van der Waals surface area contributed by atoms with Crippen LogP contribution in [0.2, 0.25) is 0 Å². The lowest BCUT2D eigenvalue weighted by molar-refractivity contribution is 0.216. The van der Waals surface area contributed by atoms with Crippen LogP contribution in [0.3, 0.4) is 0 Å². The molecule has 0 radical (unpaired) electrons. The van der Waals surface area contributed by atoms with Gasteiger partial charge in [0.1, 0.15) is 5.75 Å². The molecule has 0 saturated carbocycles. The lowest BCUT2D eigenvalue weighted by atomic mass is 10.2. The molecule has 0 fully saturated rings. The number of hydrogen-bond acceptors (Lipinski definition) is 3. The first-order valence-electron chi connectivity index (χ1n) is 5.96. The van der Waals surface area contributed by atoms with E-state index in [-0.39, 0.29) is 11.9 Å². The molecule has 3 nitrogen and oxygen atoms in total. The Morgan fingerprint density at radius 3 is 2.59 bits per heavy atom. The molecule has 0 amide bonds. The van der Waals surface area contributed by atoms with Gasteiger partial charge in [0.2, 0.25) is 0 Å². The van der Waals surface area contributed by atoms with Gasteiger partial charge in [0.25, 0.3) is 0 Å². The van der Waals surface area contributed by atoms with Gasteiger partial charge in [-0.3, -0.25) is 0 Å². The maximum atomic E-state index is 13.5. The zero-order valence-corrected chi connectivity index (χ0v) is 10.6. The molecule has 0 heterocycles. The van der Waals surface area contributed by atoms with Crippen molar-refractivity contribution in [1.82, 2.24) is 0 Å². The third-order valence-corrected chi connectivity index (χ3v) is 2.43. The molecule has 2 N–H and O–H groups in total. The molecule has 1 atom stereocenters. The van der Waals surface area contributed by atoms with Gasteiger partial charge < -0.3 is 15.2 Å². The average molecular weight is 241 g/mol. The lowest BCUT2D eigenvalue weighted by Gasteiger charge is -2.16. The Hall–Kier alpha value is -1.45. The lowest BCUT2D eigenvalue weighted by Crippen LogP contribution is -2.11. The summed E-state index contributed by atoms with van der Waals surface area (Å²) >= 11 is 0. The number of benzene rings is 1. The third kappa shape index (κ3) is 3.80. The van der Waals surface area contributed by atoms with Gasteiger partial charge in [-0.05, 0) is 19.8 Å². The maximum Gasteiger partial charge on any atom is 0.167 e. The van der Waals surface area contributed by atoms with Crippen LogP contribution in [0.25, 0.3) is 0 Å². The molecule has 17 heavy (non-hydrogen) atoms. The monoisotopic (exact) mass is 241 g/mol. The van der Waals surface area contributed by atoms with Crippen LogP contribution in [-0.4, -0.2) is 12.7 Å². The minimum absolute atomic E-state index is 0.0433. The Balaban J connectivity index is 2.89. The van der Waals surface area contributed by atoms with Crippen LogP contribution in [-0.2, 0) is 0 Å². The summed E-state index contributed by atoms with van der Waals surface area (Å²) in [5, 5.41) is 0. The summed E-state index contributed by atoms with van der Waals surface area (Å²) in [6, 6.07) is 2.76. The molecule has 96 valence electrons. The van der Waals surface area contributed by atoms with E-state index in [1.165, 1.54) is 12.1 Å². The van der Waals surface area contributed by atoms with E-state index in [2.05, 4.69) is 0 Å². The molecule has 0 aliphatic carbocycles. The van der Waals surface area contributed by atoms with E-state index in [1.54, 1.807) is 0 Å². The van der Waals surface area contributed by atoms with Crippen molar-refractivity contribution in [1.29, 1.82) is 0 Å². The Morgan fingerprint density at radius 2 is 2.00 bits per heavy atom. The molecule has 0 saturated heterocycles. The number of halogens is 1. The van der Waals surface area contributed by atoms with E-state index >= 15 is 0 Å². The molecule has 0 aliphatic rings. The minimum Gasteiger partial charge on any atom is -0.490 e. The molecule has 0 spiro atoms. The second-order valence-corrected chi connectivity index (χ2v) is 4.01. The van der Waals surface area contributed by atoms with Gasteiger partial charge in [0, 0.05) is 12.1 Å². The van der Waals surface area contributed by atoms with E-state index in [0.717, 1.165) is 12.8 Å². The van der Waals surface area contributed by atoms with Gasteiger partial charge in [-0.1, -0.05) is 13.8 Å². The van der Waals surface area contributed by atoms with Crippen LogP contribution >= 0.6 is 0 Å². The predicted molar refractivity (Wildman–Crippen MR) is 67.0 cm³/mol. The molecule has 1 aromatic rings. The summed E-state index contributed by atoms with van der Waals surface area (Å²) in [6.07, 6.45) is 1.73. The Labute approximate surface area is 102 Å². The molecule has 1 rings (SSSR count). The van der Waals surface area contributed by atoms with E-state index < -0.39 is 5.82 Å². The summed E-state index contributed by atoms with van der Waals surface area (Å²) < 4.78 is 24.4. The quantitative estimate of drug-likeness (QED) is 0.776. The highest BCUT2D eigenvalue weighted by molar-refractivity contribution is 5.56. The number of nitrogen functional groups attached to an aromatic ring is 1. The number of hydrogen-bond donors (Lipinski definition) is 1. The second-order valence-electron chi connectivity index (χ2n) is 4.01. The molecule has 0 bridgehead atoms. The Bertz CT molecular complexity index is 369. The standard InChI is InChI=1S/C13H20FNO2/c1-4-6-16-12-8-13(17-9(3)5-2)11(15)7-10(12)14/h7-9H,4-6,15H2,1-3H3. The van der Waals surface area contributed by atoms with E-state index in [0.29, 0.717) is 18.0 Å². The molecule has 0 aromatic heterocycles. The SMILES string of the molecule is CCCOc1cc(OC(C)CC)c(N)cc1F. The van der Waals surface area contributed by atoms with Gasteiger partial charge in [-0.15, -0.1) is 0 Å². The van der Waals surface area contributed by atoms with Gasteiger partial charge in [-0.25, -0.2) is 4.39 Å². The second kappa shape index (κ2) is 6.33. The van der Waals surface area contributed by atoms with Crippen LogP contribution in [0, 0.1) is 5.82 Å². The molecule has 4 heteroatoms. The molecule has 0 aliphatic heterocycles. The normalized spacial score (nSPS) is 12.2. The van der Waals surface area contributed by atoms with Crippen molar-refractivity contribution in [2.45, 2.75) is 39.7 Å². The van der Waals surface area contributed by atoms with E-state index in [4.69, 9.17) is 15.2 Å². The summed E-state index contributed by atoms with van der Waals surface area (Å²) in [4.78, 5) is 0.